The van der Waals surface area contributed by atoms with Crippen molar-refractivity contribution in [1.82, 2.24) is 25.6 Å². The number of halogens is 1. The molecule has 1 aromatic carbocycles. The molecule has 1 amide bonds. The summed E-state index contributed by atoms with van der Waals surface area (Å²) in [6.07, 6.45) is 4.43. The molecule has 1 aliphatic rings. The van der Waals surface area contributed by atoms with Crippen LogP contribution in [0.4, 0.5) is 0 Å². The van der Waals surface area contributed by atoms with Crippen LogP contribution in [0.25, 0.3) is 0 Å². The van der Waals surface area contributed by atoms with Crippen LogP contribution in [-0.4, -0.2) is 48.2 Å². The number of carbonyl (C=O) groups excluding carboxylic acids is 1. The Labute approximate surface area is 183 Å². The number of aromatic nitrogens is 3. The van der Waals surface area contributed by atoms with Crippen LogP contribution in [0.2, 0.25) is 0 Å². The fraction of sp³-hybridized carbons (Fsp3) is 0.476. The van der Waals surface area contributed by atoms with Gasteiger partial charge in [0.15, 0.2) is 17.2 Å². The molecule has 30 heavy (non-hydrogen) atoms. The molecule has 0 spiro atoms. The van der Waals surface area contributed by atoms with Crippen molar-refractivity contribution in [1.29, 1.82) is 0 Å². The fourth-order valence-corrected chi connectivity index (χ4v) is 3.73. The lowest BCUT2D eigenvalue weighted by Gasteiger charge is -2.23. The lowest BCUT2D eigenvalue weighted by atomic mass is 10.1. The number of benzene rings is 1. The minimum Gasteiger partial charge on any atom is -0.493 e. The highest BCUT2D eigenvalue weighted by atomic mass is 35.5. The van der Waals surface area contributed by atoms with Gasteiger partial charge >= 0.3 is 0 Å². The van der Waals surface area contributed by atoms with E-state index in [1.54, 1.807) is 14.2 Å². The zero-order chi connectivity index (χ0) is 20.8. The fourth-order valence-electron chi connectivity index (χ4n) is 3.73. The Morgan fingerprint density at radius 1 is 1.33 bits per heavy atom. The Balaban J connectivity index is 0.00000320. The van der Waals surface area contributed by atoms with Crippen molar-refractivity contribution < 1.29 is 14.3 Å². The third kappa shape index (κ3) is 5.12. The lowest BCUT2D eigenvalue weighted by Crippen LogP contribution is -2.30. The first-order valence-corrected chi connectivity index (χ1v) is 9.84. The highest BCUT2D eigenvalue weighted by molar-refractivity contribution is 5.93. The molecule has 1 aliphatic heterocycles. The summed E-state index contributed by atoms with van der Waals surface area (Å²) in [5.74, 6) is 1.08. The second-order valence-corrected chi connectivity index (χ2v) is 7.12. The molecule has 2 N–H and O–H groups in total. The summed E-state index contributed by atoms with van der Waals surface area (Å²) in [5.41, 5.74) is 3.04. The van der Waals surface area contributed by atoms with Crippen molar-refractivity contribution in [3.63, 3.8) is 0 Å². The maximum atomic E-state index is 12.7. The molecule has 164 valence electrons. The minimum absolute atomic E-state index is 0. The van der Waals surface area contributed by atoms with E-state index < -0.39 is 0 Å². The first-order chi connectivity index (χ1) is 14.1. The maximum Gasteiger partial charge on any atom is 0.274 e. The molecular weight excluding hydrogens is 406 g/mol. The quantitative estimate of drug-likeness (QED) is 0.619. The number of methoxy groups -OCH3 is 2. The van der Waals surface area contributed by atoms with Crippen LogP contribution in [0.5, 0.6) is 11.5 Å². The van der Waals surface area contributed by atoms with Crippen LogP contribution in [0.1, 0.15) is 46.2 Å². The molecule has 2 heterocycles. The standard InChI is InChI=1S/C21H29N5O3.ClH/c1-5-6-16-11-15(12-18(28-3)20(16)29-4)13-23-21(27)19-14(2)26(25-24-19)17-7-9-22-10-8-17;/h5,11-12,17,22H,1,6-10,13H2,2-4H3,(H,23,27);1H. The number of hydrogen-bond acceptors (Lipinski definition) is 6. The Morgan fingerprint density at radius 3 is 2.70 bits per heavy atom. The summed E-state index contributed by atoms with van der Waals surface area (Å²) in [4.78, 5) is 12.7. The Hall–Kier alpha value is -2.58. The maximum absolute atomic E-state index is 12.7. The molecule has 0 bridgehead atoms. The van der Waals surface area contributed by atoms with Gasteiger partial charge in [0.1, 0.15) is 0 Å². The summed E-state index contributed by atoms with van der Waals surface area (Å²) in [7, 11) is 3.21. The summed E-state index contributed by atoms with van der Waals surface area (Å²) in [6.45, 7) is 7.95. The second-order valence-electron chi connectivity index (χ2n) is 7.12. The second kappa shape index (κ2) is 11.0. The number of hydrogen-bond donors (Lipinski definition) is 2. The van der Waals surface area contributed by atoms with Crippen molar-refractivity contribution in [3.8, 4) is 11.5 Å². The van der Waals surface area contributed by atoms with Gasteiger partial charge in [0, 0.05) is 12.1 Å². The number of carbonyl (C=O) groups is 1. The highest BCUT2D eigenvalue weighted by Crippen LogP contribution is 2.33. The van der Waals surface area contributed by atoms with Gasteiger partial charge in [-0.3, -0.25) is 4.79 Å². The number of piperidine rings is 1. The van der Waals surface area contributed by atoms with E-state index in [0.717, 1.165) is 42.8 Å². The van der Waals surface area contributed by atoms with E-state index in [1.165, 1.54) is 0 Å². The van der Waals surface area contributed by atoms with Crippen molar-refractivity contribution in [2.24, 2.45) is 0 Å². The third-order valence-corrected chi connectivity index (χ3v) is 5.23. The largest absolute Gasteiger partial charge is 0.493 e. The lowest BCUT2D eigenvalue weighted by molar-refractivity contribution is 0.0945. The van der Waals surface area contributed by atoms with Crippen LogP contribution >= 0.6 is 12.4 Å². The Kier molecular flexibility index (Phi) is 8.68. The molecule has 0 atom stereocenters. The summed E-state index contributed by atoms with van der Waals surface area (Å²) in [6, 6.07) is 4.14. The number of nitrogens with one attached hydrogen (secondary N) is 2. The topological polar surface area (TPSA) is 90.3 Å². The van der Waals surface area contributed by atoms with E-state index in [4.69, 9.17) is 9.47 Å². The zero-order valence-corrected chi connectivity index (χ0v) is 18.6. The SMILES string of the molecule is C=CCc1cc(CNC(=O)c2nnn(C3CCNCC3)c2C)cc(OC)c1OC.Cl. The van der Waals surface area contributed by atoms with Gasteiger partial charge in [-0.2, -0.15) is 0 Å². The molecule has 0 saturated carbocycles. The van der Waals surface area contributed by atoms with E-state index >= 15 is 0 Å². The molecule has 3 rings (SSSR count). The third-order valence-electron chi connectivity index (χ3n) is 5.23. The van der Waals surface area contributed by atoms with Crippen molar-refractivity contribution in [2.75, 3.05) is 27.3 Å². The molecule has 2 aromatic rings. The van der Waals surface area contributed by atoms with Gasteiger partial charge in [0.05, 0.1) is 26.0 Å². The van der Waals surface area contributed by atoms with Gasteiger partial charge in [0.25, 0.3) is 5.91 Å². The van der Waals surface area contributed by atoms with Crippen LogP contribution in [-0.2, 0) is 13.0 Å². The highest BCUT2D eigenvalue weighted by Gasteiger charge is 2.23. The van der Waals surface area contributed by atoms with Gasteiger partial charge in [-0.1, -0.05) is 11.3 Å². The molecule has 8 nitrogen and oxygen atoms in total. The van der Waals surface area contributed by atoms with Gasteiger partial charge in [0.2, 0.25) is 0 Å². The van der Waals surface area contributed by atoms with Crippen molar-refractivity contribution in [3.05, 3.63) is 47.3 Å². The normalized spacial score (nSPS) is 14.0. The average molecular weight is 436 g/mol. The van der Waals surface area contributed by atoms with Crippen molar-refractivity contribution >= 4 is 18.3 Å². The van der Waals surface area contributed by atoms with Crippen LogP contribution in [0.15, 0.2) is 24.8 Å². The Morgan fingerprint density at radius 2 is 2.07 bits per heavy atom. The first-order valence-electron chi connectivity index (χ1n) is 9.84. The van der Waals surface area contributed by atoms with E-state index in [-0.39, 0.29) is 24.4 Å². The van der Waals surface area contributed by atoms with Gasteiger partial charge < -0.3 is 20.1 Å². The molecule has 1 saturated heterocycles. The number of nitrogens with zero attached hydrogens (tertiary/aromatic N) is 3. The summed E-state index contributed by atoms with van der Waals surface area (Å²) < 4.78 is 12.8. The van der Waals surface area contributed by atoms with Gasteiger partial charge in [-0.15, -0.1) is 24.1 Å². The van der Waals surface area contributed by atoms with Crippen LogP contribution in [0, 0.1) is 6.92 Å². The van der Waals surface area contributed by atoms with Crippen LogP contribution in [0.3, 0.4) is 0 Å². The Bertz CT molecular complexity index is 878. The molecule has 0 unspecified atom stereocenters. The van der Waals surface area contributed by atoms with Gasteiger partial charge in [-0.25, -0.2) is 4.68 Å². The van der Waals surface area contributed by atoms with Gasteiger partial charge in [-0.05, 0) is 57.0 Å². The molecule has 9 heteroatoms. The smallest absolute Gasteiger partial charge is 0.274 e. The van der Waals surface area contributed by atoms with Crippen LogP contribution < -0.4 is 20.1 Å². The number of rotatable bonds is 8. The number of ether oxygens (including phenoxy) is 2. The molecular formula is C21H30ClN5O3. The molecule has 0 aliphatic carbocycles. The summed E-state index contributed by atoms with van der Waals surface area (Å²) in [5, 5.41) is 14.6. The zero-order valence-electron chi connectivity index (χ0n) is 17.7. The first kappa shape index (κ1) is 23.7. The number of amides is 1. The molecule has 1 aromatic heterocycles. The molecule has 1 fully saturated rings. The van der Waals surface area contributed by atoms with E-state index in [2.05, 4.69) is 27.5 Å². The minimum atomic E-state index is -0.234. The van der Waals surface area contributed by atoms with Crippen molar-refractivity contribution in [2.45, 2.75) is 38.8 Å². The predicted octanol–water partition coefficient (Wildman–Crippen LogP) is 2.61. The molecule has 0 radical (unpaired) electrons. The summed E-state index contributed by atoms with van der Waals surface area (Å²) >= 11 is 0. The number of allylic oxidation sites excluding steroid dienone is 1. The van der Waals surface area contributed by atoms with E-state index in [1.807, 2.05) is 29.8 Å². The average Bonchev–Trinajstić information content (AvgIpc) is 3.13. The van der Waals surface area contributed by atoms with E-state index in [0.29, 0.717) is 30.2 Å². The monoisotopic (exact) mass is 435 g/mol. The van der Waals surface area contributed by atoms with E-state index in [9.17, 15) is 4.79 Å². The predicted molar refractivity (Wildman–Crippen MR) is 118 cm³/mol.